The molecule has 4 nitrogen and oxygen atoms in total. The Balaban J connectivity index is 1.53. The minimum atomic E-state index is -4.41. The van der Waals surface area contributed by atoms with Crippen molar-refractivity contribution in [2.75, 3.05) is 12.3 Å². The molecule has 150 valence electrons. The molecule has 2 aromatic carbocycles. The molecule has 0 spiro atoms. The van der Waals surface area contributed by atoms with E-state index in [4.69, 9.17) is 11.6 Å². The second-order valence-electron chi connectivity index (χ2n) is 6.03. The van der Waals surface area contributed by atoms with Crippen LogP contribution in [-0.2, 0) is 18.0 Å². The van der Waals surface area contributed by atoms with Crippen molar-refractivity contribution < 1.29 is 18.0 Å². The van der Waals surface area contributed by atoms with Gasteiger partial charge in [-0.25, -0.2) is 4.98 Å². The van der Waals surface area contributed by atoms with Crippen molar-refractivity contribution in [3.63, 3.8) is 0 Å². The van der Waals surface area contributed by atoms with Gasteiger partial charge in [-0.2, -0.15) is 13.2 Å². The van der Waals surface area contributed by atoms with Crippen molar-refractivity contribution in [2.24, 2.45) is 7.05 Å². The van der Waals surface area contributed by atoms with Gasteiger partial charge in [-0.3, -0.25) is 4.79 Å². The average molecular weight is 438 g/mol. The largest absolute Gasteiger partial charge is 0.416 e. The van der Waals surface area contributed by atoms with E-state index in [0.717, 1.165) is 23.2 Å². The van der Waals surface area contributed by atoms with Gasteiger partial charge < -0.3 is 9.88 Å². The molecular weight excluding hydrogens is 423 g/mol. The Morgan fingerprint density at radius 3 is 2.83 bits per heavy atom. The lowest BCUT2D eigenvalue weighted by Crippen LogP contribution is -2.25. The van der Waals surface area contributed by atoms with Crippen molar-refractivity contribution in [3.8, 4) is 11.8 Å². The highest BCUT2D eigenvalue weighted by atomic mass is 35.5. The van der Waals surface area contributed by atoms with Crippen molar-refractivity contribution in [2.45, 2.75) is 11.3 Å². The van der Waals surface area contributed by atoms with E-state index < -0.39 is 11.7 Å². The summed E-state index contributed by atoms with van der Waals surface area (Å²) in [5.41, 5.74) is 1.13. The van der Waals surface area contributed by atoms with Crippen LogP contribution in [0, 0.1) is 11.8 Å². The predicted molar refractivity (Wildman–Crippen MR) is 108 cm³/mol. The molecular formula is C20H15ClF3N3OS. The number of aryl methyl sites for hydroxylation is 1. The van der Waals surface area contributed by atoms with Crippen LogP contribution in [0.25, 0.3) is 11.0 Å². The van der Waals surface area contributed by atoms with E-state index in [1.807, 2.05) is 17.7 Å². The molecule has 0 saturated heterocycles. The Hall–Kier alpha value is -2.63. The highest BCUT2D eigenvalue weighted by Crippen LogP contribution is 2.29. The van der Waals surface area contributed by atoms with Crippen LogP contribution in [0.15, 0.2) is 47.6 Å². The van der Waals surface area contributed by atoms with E-state index in [1.54, 1.807) is 12.1 Å². The van der Waals surface area contributed by atoms with E-state index in [-0.39, 0.29) is 23.8 Å². The first kappa shape index (κ1) is 21.1. The number of rotatable bonds is 4. The molecule has 3 rings (SSSR count). The second kappa shape index (κ2) is 8.80. The molecule has 9 heteroatoms. The lowest BCUT2D eigenvalue weighted by Gasteiger charge is -2.05. The van der Waals surface area contributed by atoms with Crippen LogP contribution < -0.4 is 5.32 Å². The maximum Gasteiger partial charge on any atom is 0.416 e. The molecule has 1 amide bonds. The molecule has 0 aliphatic carbocycles. The van der Waals surface area contributed by atoms with Gasteiger partial charge in [-0.05, 0) is 36.4 Å². The summed E-state index contributed by atoms with van der Waals surface area (Å²) in [5, 5.41) is 3.88. The van der Waals surface area contributed by atoms with E-state index >= 15 is 0 Å². The number of carbonyl (C=O) groups is 1. The van der Waals surface area contributed by atoms with Crippen LogP contribution in [0.1, 0.15) is 11.1 Å². The number of carbonyl (C=O) groups excluding carboxylic acids is 1. The van der Waals surface area contributed by atoms with Gasteiger partial charge in [0.25, 0.3) is 0 Å². The van der Waals surface area contributed by atoms with Crippen molar-refractivity contribution >= 4 is 40.3 Å². The highest BCUT2D eigenvalue weighted by Gasteiger charge is 2.30. The third-order valence-corrected chi connectivity index (χ3v) is 5.20. The van der Waals surface area contributed by atoms with Gasteiger partial charge in [0.1, 0.15) is 0 Å². The summed E-state index contributed by atoms with van der Waals surface area (Å²) in [6.07, 6.45) is -4.41. The van der Waals surface area contributed by atoms with Gasteiger partial charge in [-0.15, -0.1) is 0 Å². The number of alkyl halides is 3. The average Bonchev–Trinajstić information content (AvgIpc) is 2.98. The number of thioether (sulfide) groups is 1. The number of fused-ring (bicyclic) bond motifs is 1. The fourth-order valence-electron chi connectivity index (χ4n) is 2.52. The van der Waals surface area contributed by atoms with Crippen LogP contribution in [0.4, 0.5) is 13.2 Å². The molecule has 0 atom stereocenters. The number of amides is 1. The van der Waals surface area contributed by atoms with Crippen LogP contribution in [0.5, 0.6) is 0 Å². The zero-order valence-electron chi connectivity index (χ0n) is 15.2. The Morgan fingerprint density at radius 2 is 2.07 bits per heavy atom. The third-order valence-electron chi connectivity index (χ3n) is 3.93. The Bertz CT molecular complexity index is 1120. The first-order chi connectivity index (χ1) is 13.7. The molecule has 1 heterocycles. The first-order valence-corrected chi connectivity index (χ1v) is 9.78. The first-order valence-electron chi connectivity index (χ1n) is 8.41. The lowest BCUT2D eigenvalue weighted by atomic mass is 10.1. The molecule has 0 bridgehead atoms. The molecule has 0 radical (unpaired) electrons. The standard InChI is InChI=1S/C20H15ClF3N3OS/c1-27-17-8-7-15(21)11-16(17)26-19(27)29-12-18(28)25-9-3-5-13-4-2-6-14(10-13)20(22,23)24/h2,4,6-8,10-11H,9,12H2,1H3,(H,25,28). The summed E-state index contributed by atoms with van der Waals surface area (Å²) < 4.78 is 39.9. The van der Waals surface area contributed by atoms with Gasteiger partial charge in [0.15, 0.2) is 5.16 Å². The number of halogens is 4. The maximum atomic E-state index is 12.7. The molecule has 29 heavy (non-hydrogen) atoms. The molecule has 0 unspecified atom stereocenters. The summed E-state index contributed by atoms with van der Waals surface area (Å²) in [6, 6.07) is 10.1. The lowest BCUT2D eigenvalue weighted by molar-refractivity contribution is -0.137. The summed E-state index contributed by atoms with van der Waals surface area (Å²) in [7, 11) is 1.85. The van der Waals surface area contributed by atoms with Crippen LogP contribution in [-0.4, -0.2) is 27.8 Å². The number of nitrogens with zero attached hydrogens (tertiary/aromatic N) is 2. The summed E-state index contributed by atoms with van der Waals surface area (Å²) in [4.78, 5) is 16.4. The molecule has 1 aromatic heterocycles. The molecule has 0 fully saturated rings. The van der Waals surface area contributed by atoms with E-state index in [0.29, 0.717) is 10.2 Å². The Morgan fingerprint density at radius 1 is 1.28 bits per heavy atom. The minimum Gasteiger partial charge on any atom is -0.344 e. The van der Waals surface area contributed by atoms with Gasteiger partial charge >= 0.3 is 6.18 Å². The van der Waals surface area contributed by atoms with E-state index in [2.05, 4.69) is 22.1 Å². The molecule has 0 aliphatic heterocycles. The summed E-state index contributed by atoms with van der Waals surface area (Å²) >= 11 is 7.23. The van der Waals surface area contributed by atoms with E-state index in [1.165, 1.54) is 23.9 Å². The summed E-state index contributed by atoms with van der Waals surface area (Å²) in [5.74, 6) is 5.16. The number of aromatic nitrogens is 2. The number of hydrogen-bond donors (Lipinski definition) is 1. The predicted octanol–water partition coefficient (Wildman–Crippen LogP) is 4.51. The van der Waals surface area contributed by atoms with Gasteiger partial charge in [0, 0.05) is 17.6 Å². The van der Waals surface area contributed by atoms with Crippen LogP contribution in [0.2, 0.25) is 5.02 Å². The molecule has 0 aliphatic rings. The Labute approximate surface area is 174 Å². The van der Waals surface area contributed by atoms with Gasteiger partial charge in [-0.1, -0.05) is 41.3 Å². The van der Waals surface area contributed by atoms with Crippen molar-refractivity contribution in [1.82, 2.24) is 14.9 Å². The fraction of sp³-hybridized carbons (Fsp3) is 0.200. The second-order valence-corrected chi connectivity index (χ2v) is 7.41. The molecule has 0 saturated carbocycles. The SMILES string of the molecule is Cn1c(SCC(=O)NCC#Cc2cccc(C(F)(F)F)c2)nc2cc(Cl)ccc21. The van der Waals surface area contributed by atoms with Crippen molar-refractivity contribution in [1.29, 1.82) is 0 Å². The Kier molecular flexibility index (Phi) is 6.40. The number of hydrogen-bond acceptors (Lipinski definition) is 3. The summed E-state index contributed by atoms with van der Waals surface area (Å²) in [6.45, 7) is 0.0355. The van der Waals surface area contributed by atoms with Gasteiger partial charge in [0.2, 0.25) is 5.91 Å². The zero-order chi connectivity index (χ0) is 21.0. The highest BCUT2D eigenvalue weighted by molar-refractivity contribution is 7.99. The topological polar surface area (TPSA) is 46.9 Å². The third kappa shape index (κ3) is 5.46. The quantitative estimate of drug-likeness (QED) is 0.482. The fourth-order valence-corrected chi connectivity index (χ4v) is 3.51. The van der Waals surface area contributed by atoms with E-state index in [9.17, 15) is 18.0 Å². The molecule has 1 N–H and O–H groups in total. The monoisotopic (exact) mass is 437 g/mol. The normalized spacial score (nSPS) is 11.2. The van der Waals surface area contributed by atoms with Gasteiger partial charge in [0.05, 0.1) is 28.9 Å². The van der Waals surface area contributed by atoms with Crippen LogP contribution >= 0.6 is 23.4 Å². The maximum absolute atomic E-state index is 12.7. The van der Waals surface area contributed by atoms with Crippen molar-refractivity contribution in [3.05, 3.63) is 58.6 Å². The smallest absolute Gasteiger partial charge is 0.344 e. The number of benzene rings is 2. The minimum absolute atomic E-state index is 0.0355. The number of imidazole rings is 1. The molecule has 3 aromatic rings. The van der Waals surface area contributed by atoms with Crippen LogP contribution in [0.3, 0.4) is 0 Å². The number of nitrogens with one attached hydrogen (secondary N) is 1. The zero-order valence-corrected chi connectivity index (χ0v) is 16.8.